The number of hydrogen-bond acceptors (Lipinski definition) is 5. The molecule has 0 aliphatic carbocycles. The highest BCUT2D eigenvalue weighted by molar-refractivity contribution is 5.93. The summed E-state index contributed by atoms with van der Waals surface area (Å²) in [5.74, 6) is 1.86. The summed E-state index contributed by atoms with van der Waals surface area (Å²) in [4.78, 5) is 28.0. The van der Waals surface area contributed by atoms with Gasteiger partial charge in [0, 0.05) is 45.3 Å². The molecule has 29 heavy (non-hydrogen) atoms. The standard InChI is InChI=1S/C22H28FN5O/c1-16-7-9-28(10-8-16)22(29)19-15-21(25-17(2)24-19)27-13-11-26(12-14-27)20-6-4-3-5-18(20)23/h3-6,15-16H,7-14H2,1-2H3. The van der Waals surface area contributed by atoms with E-state index in [1.165, 1.54) is 6.07 Å². The van der Waals surface area contributed by atoms with Crippen LogP contribution in [0.2, 0.25) is 0 Å². The molecule has 1 aromatic heterocycles. The van der Waals surface area contributed by atoms with Crippen molar-refractivity contribution in [3.8, 4) is 0 Å². The van der Waals surface area contributed by atoms with E-state index in [1.807, 2.05) is 30.0 Å². The number of halogens is 1. The second-order valence-corrected chi connectivity index (χ2v) is 8.06. The number of hydrogen-bond donors (Lipinski definition) is 0. The molecular weight excluding hydrogens is 369 g/mol. The van der Waals surface area contributed by atoms with E-state index in [0.717, 1.165) is 44.8 Å². The SMILES string of the molecule is Cc1nc(C(=O)N2CCC(C)CC2)cc(N2CCN(c3ccccc3F)CC2)n1. The quantitative estimate of drug-likeness (QED) is 0.797. The molecule has 0 unspecified atom stereocenters. The predicted octanol–water partition coefficient (Wildman–Crippen LogP) is 3.12. The Hall–Kier alpha value is -2.70. The molecule has 2 fully saturated rings. The van der Waals surface area contributed by atoms with Gasteiger partial charge in [-0.05, 0) is 37.8 Å². The lowest BCUT2D eigenvalue weighted by Crippen LogP contribution is -2.47. The summed E-state index contributed by atoms with van der Waals surface area (Å²) >= 11 is 0. The Bertz CT molecular complexity index is 873. The Morgan fingerprint density at radius 1 is 1.00 bits per heavy atom. The number of piperidine rings is 1. The minimum atomic E-state index is -0.192. The molecule has 0 radical (unpaired) electrons. The van der Waals surface area contributed by atoms with Crippen LogP contribution in [0.3, 0.4) is 0 Å². The van der Waals surface area contributed by atoms with Gasteiger partial charge in [-0.15, -0.1) is 0 Å². The van der Waals surface area contributed by atoms with E-state index in [0.29, 0.717) is 36.2 Å². The van der Waals surface area contributed by atoms with Crippen LogP contribution in [0.5, 0.6) is 0 Å². The number of amides is 1. The number of piperazine rings is 1. The van der Waals surface area contributed by atoms with Crippen LogP contribution in [0.1, 0.15) is 36.1 Å². The van der Waals surface area contributed by atoms with Crippen LogP contribution in [-0.4, -0.2) is 60.0 Å². The zero-order valence-electron chi connectivity index (χ0n) is 17.1. The zero-order chi connectivity index (χ0) is 20.4. The number of anilines is 2. The topological polar surface area (TPSA) is 52.6 Å². The fourth-order valence-electron chi connectivity index (χ4n) is 4.08. The third-order valence-corrected chi connectivity index (χ3v) is 5.91. The number of nitrogens with zero attached hydrogens (tertiary/aromatic N) is 5. The highest BCUT2D eigenvalue weighted by Crippen LogP contribution is 2.23. The van der Waals surface area contributed by atoms with E-state index in [4.69, 9.17) is 0 Å². The molecule has 0 saturated carbocycles. The van der Waals surface area contributed by atoms with Gasteiger partial charge < -0.3 is 14.7 Å². The Morgan fingerprint density at radius 3 is 2.34 bits per heavy atom. The van der Waals surface area contributed by atoms with Gasteiger partial charge in [0.25, 0.3) is 5.91 Å². The van der Waals surface area contributed by atoms with Crippen LogP contribution in [0.15, 0.2) is 30.3 Å². The summed E-state index contributed by atoms with van der Waals surface area (Å²) in [6, 6.07) is 8.69. The van der Waals surface area contributed by atoms with Gasteiger partial charge in [-0.3, -0.25) is 4.79 Å². The lowest BCUT2D eigenvalue weighted by molar-refractivity contribution is 0.0691. The van der Waals surface area contributed by atoms with E-state index < -0.39 is 0 Å². The number of aromatic nitrogens is 2. The summed E-state index contributed by atoms with van der Waals surface area (Å²) in [6.45, 7) is 8.50. The maximum Gasteiger partial charge on any atom is 0.272 e. The van der Waals surface area contributed by atoms with Crippen LogP contribution in [0.25, 0.3) is 0 Å². The number of aryl methyl sites for hydroxylation is 1. The molecule has 2 aliphatic rings. The van der Waals surface area contributed by atoms with Crippen molar-refractivity contribution < 1.29 is 9.18 Å². The molecule has 0 N–H and O–H groups in total. The van der Waals surface area contributed by atoms with E-state index in [1.54, 1.807) is 6.07 Å². The summed E-state index contributed by atoms with van der Waals surface area (Å²) in [6.07, 6.45) is 2.08. The number of carbonyl (C=O) groups excluding carboxylic acids is 1. The van der Waals surface area contributed by atoms with Crippen LogP contribution in [-0.2, 0) is 0 Å². The van der Waals surface area contributed by atoms with E-state index in [-0.39, 0.29) is 11.7 Å². The van der Waals surface area contributed by atoms with Gasteiger partial charge in [-0.1, -0.05) is 19.1 Å². The smallest absolute Gasteiger partial charge is 0.272 e. The molecule has 6 nitrogen and oxygen atoms in total. The van der Waals surface area contributed by atoms with Gasteiger partial charge in [0.1, 0.15) is 23.2 Å². The largest absolute Gasteiger partial charge is 0.366 e. The molecule has 3 heterocycles. The number of likely N-dealkylation sites (tertiary alicyclic amines) is 1. The summed E-state index contributed by atoms with van der Waals surface area (Å²) < 4.78 is 14.1. The Labute approximate surface area is 171 Å². The zero-order valence-corrected chi connectivity index (χ0v) is 17.1. The maximum absolute atomic E-state index is 14.1. The molecule has 0 bridgehead atoms. The number of para-hydroxylation sites is 1. The van der Waals surface area contributed by atoms with Crippen molar-refractivity contribution in [2.24, 2.45) is 5.92 Å². The fraction of sp³-hybridized carbons (Fsp3) is 0.500. The van der Waals surface area contributed by atoms with Gasteiger partial charge in [0.15, 0.2) is 0 Å². The highest BCUT2D eigenvalue weighted by Gasteiger charge is 2.25. The van der Waals surface area contributed by atoms with Crippen molar-refractivity contribution in [1.29, 1.82) is 0 Å². The van der Waals surface area contributed by atoms with Crippen LogP contribution in [0, 0.1) is 18.7 Å². The molecule has 0 atom stereocenters. The predicted molar refractivity (Wildman–Crippen MR) is 112 cm³/mol. The van der Waals surface area contributed by atoms with Crippen LogP contribution in [0.4, 0.5) is 15.9 Å². The van der Waals surface area contributed by atoms with E-state index >= 15 is 0 Å². The highest BCUT2D eigenvalue weighted by atomic mass is 19.1. The van der Waals surface area contributed by atoms with Crippen molar-refractivity contribution in [2.45, 2.75) is 26.7 Å². The monoisotopic (exact) mass is 397 g/mol. The second kappa shape index (κ2) is 8.35. The average molecular weight is 397 g/mol. The number of rotatable bonds is 3. The first kappa shape index (κ1) is 19.6. The first-order chi connectivity index (χ1) is 14.0. The molecule has 2 saturated heterocycles. The van der Waals surface area contributed by atoms with Crippen LogP contribution >= 0.6 is 0 Å². The molecule has 2 aliphatic heterocycles. The van der Waals surface area contributed by atoms with Crippen molar-refractivity contribution in [3.05, 3.63) is 47.7 Å². The molecule has 2 aromatic rings. The second-order valence-electron chi connectivity index (χ2n) is 8.06. The third kappa shape index (κ3) is 4.33. The van der Waals surface area contributed by atoms with Crippen molar-refractivity contribution in [3.63, 3.8) is 0 Å². The molecule has 7 heteroatoms. The lowest BCUT2D eigenvalue weighted by atomic mass is 9.99. The first-order valence-corrected chi connectivity index (χ1v) is 10.4. The van der Waals surface area contributed by atoms with Gasteiger partial charge in [0.05, 0.1) is 5.69 Å². The minimum absolute atomic E-state index is 0.00589. The van der Waals surface area contributed by atoms with Crippen molar-refractivity contribution >= 4 is 17.4 Å². The van der Waals surface area contributed by atoms with Gasteiger partial charge in [0.2, 0.25) is 0 Å². The van der Waals surface area contributed by atoms with Gasteiger partial charge in [-0.2, -0.15) is 0 Å². The minimum Gasteiger partial charge on any atom is -0.366 e. The first-order valence-electron chi connectivity index (χ1n) is 10.4. The van der Waals surface area contributed by atoms with Gasteiger partial charge >= 0.3 is 0 Å². The normalized spacial score (nSPS) is 18.2. The number of carbonyl (C=O) groups is 1. The lowest BCUT2D eigenvalue weighted by Gasteiger charge is -2.37. The number of benzene rings is 1. The van der Waals surface area contributed by atoms with Crippen LogP contribution < -0.4 is 9.80 Å². The van der Waals surface area contributed by atoms with Gasteiger partial charge in [-0.25, -0.2) is 14.4 Å². The Kier molecular flexibility index (Phi) is 5.65. The molecule has 0 spiro atoms. The molecule has 154 valence electrons. The summed E-state index contributed by atoms with van der Waals surface area (Å²) in [5.41, 5.74) is 1.11. The molecule has 4 rings (SSSR count). The van der Waals surface area contributed by atoms with Crippen molar-refractivity contribution in [2.75, 3.05) is 49.1 Å². The van der Waals surface area contributed by atoms with E-state index in [2.05, 4.69) is 26.7 Å². The molecular formula is C22H28FN5O. The fourth-order valence-corrected chi connectivity index (χ4v) is 4.08. The third-order valence-electron chi connectivity index (χ3n) is 5.91. The maximum atomic E-state index is 14.1. The van der Waals surface area contributed by atoms with E-state index in [9.17, 15) is 9.18 Å². The molecule has 1 amide bonds. The average Bonchev–Trinajstić information content (AvgIpc) is 2.74. The Balaban J connectivity index is 1.46. The summed E-state index contributed by atoms with van der Waals surface area (Å²) in [7, 11) is 0. The summed E-state index contributed by atoms with van der Waals surface area (Å²) in [5, 5.41) is 0. The Morgan fingerprint density at radius 2 is 1.66 bits per heavy atom. The molecule has 1 aromatic carbocycles. The van der Waals surface area contributed by atoms with Crippen molar-refractivity contribution in [1.82, 2.24) is 14.9 Å².